The van der Waals surface area contributed by atoms with Crippen molar-refractivity contribution in [3.05, 3.63) is 28.2 Å². The van der Waals surface area contributed by atoms with Crippen LogP contribution in [-0.4, -0.2) is 32.4 Å². The first-order valence-electron chi connectivity index (χ1n) is 6.45. The van der Waals surface area contributed by atoms with Gasteiger partial charge in [-0.25, -0.2) is 4.98 Å². The van der Waals surface area contributed by atoms with Crippen molar-refractivity contribution < 1.29 is 4.79 Å². The first-order chi connectivity index (χ1) is 9.54. The number of amides is 1. The number of aromatic amines is 1. The lowest BCUT2D eigenvalue weighted by Crippen LogP contribution is -2.35. The Hall–Kier alpha value is -1.34. The first kappa shape index (κ1) is 15.1. The fraction of sp³-hybridized carbons (Fsp3) is 0.462. The van der Waals surface area contributed by atoms with Crippen LogP contribution in [0.4, 0.5) is 0 Å². The summed E-state index contributed by atoms with van der Waals surface area (Å²) in [7, 11) is 0. The molecule has 2 aromatic rings. The van der Waals surface area contributed by atoms with E-state index >= 15 is 0 Å². The number of H-pyrrole nitrogens is 1. The number of hydrogen-bond acceptors (Lipinski definition) is 5. The Morgan fingerprint density at radius 1 is 1.50 bits per heavy atom. The molecule has 1 unspecified atom stereocenters. The number of hydrogen-bond donors (Lipinski definition) is 2. The summed E-state index contributed by atoms with van der Waals surface area (Å²) in [6.45, 7) is 5.75. The minimum Gasteiger partial charge on any atom is -0.353 e. The topological polar surface area (TPSA) is 70.7 Å². The number of carbonyl (C=O) groups excluding carboxylic acids is 1. The number of rotatable bonds is 6. The Bertz CT molecular complexity index is 550. The van der Waals surface area contributed by atoms with Crippen molar-refractivity contribution in [2.24, 2.45) is 0 Å². The van der Waals surface area contributed by atoms with Crippen molar-refractivity contribution in [2.45, 2.75) is 43.6 Å². The highest BCUT2D eigenvalue weighted by Gasteiger charge is 2.17. The average Bonchev–Trinajstić information content (AvgIpc) is 3.01. The molecule has 2 N–H and O–H groups in total. The summed E-state index contributed by atoms with van der Waals surface area (Å²) in [6.07, 6.45) is 0.748. The van der Waals surface area contributed by atoms with Gasteiger partial charge < -0.3 is 5.32 Å². The predicted molar refractivity (Wildman–Crippen MR) is 82.1 cm³/mol. The maximum absolute atomic E-state index is 11.8. The second-order valence-corrected chi connectivity index (χ2v) is 7.08. The van der Waals surface area contributed by atoms with E-state index in [1.54, 1.807) is 11.3 Å². The van der Waals surface area contributed by atoms with Gasteiger partial charge >= 0.3 is 0 Å². The predicted octanol–water partition coefficient (Wildman–Crippen LogP) is 2.46. The van der Waals surface area contributed by atoms with Crippen LogP contribution in [0.25, 0.3) is 0 Å². The van der Waals surface area contributed by atoms with E-state index in [0.717, 1.165) is 12.2 Å². The van der Waals surface area contributed by atoms with Crippen molar-refractivity contribution >= 4 is 29.0 Å². The van der Waals surface area contributed by atoms with Gasteiger partial charge in [0.2, 0.25) is 11.1 Å². The second kappa shape index (κ2) is 6.90. The number of aromatic nitrogens is 3. The quantitative estimate of drug-likeness (QED) is 0.804. The molecule has 0 saturated heterocycles. The molecule has 0 spiro atoms. The van der Waals surface area contributed by atoms with Crippen molar-refractivity contribution in [2.75, 3.05) is 0 Å². The van der Waals surface area contributed by atoms with E-state index in [1.807, 2.05) is 32.2 Å². The van der Waals surface area contributed by atoms with Crippen LogP contribution in [0.2, 0.25) is 0 Å². The number of nitrogens with one attached hydrogen (secondary N) is 2. The molecule has 0 aliphatic carbocycles. The molecule has 0 aromatic carbocycles. The van der Waals surface area contributed by atoms with Crippen molar-refractivity contribution in [3.63, 3.8) is 0 Å². The van der Waals surface area contributed by atoms with E-state index in [4.69, 9.17) is 0 Å². The monoisotopic (exact) mass is 310 g/mol. The van der Waals surface area contributed by atoms with Gasteiger partial charge in [-0.15, -0.1) is 16.4 Å². The highest BCUT2D eigenvalue weighted by molar-refractivity contribution is 8.00. The molecule has 0 aliphatic rings. The zero-order valence-electron chi connectivity index (χ0n) is 11.7. The van der Waals surface area contributed by atoms with E-state index in [9.17, 15) is 4.79 Å². The molecule has 0 saturated carbocycles. The van der Waals surface area contributed by atoms with Crippen LogP contribution in [0.3, 0.4) is 0 Å². The molecular weight excluding hydrogens is 292 g/mol. The van der Waals surface area contributed by atoms with Crippen LogP contribution in [0.1, 0.15) is 31.5 Å². The lowest BCUT2D eigenvalue weighted by molar-refractivity contribution is -0.120. The van der Waals surface area contributed by atoms with Gasteiger partial charge in [-0.2, -0.15) is 0 Å². The summed E-state index contributed by atoms with van der Waals surface area (Å²) in [4.78, 5) is 17.5. The summed E-state index contributed by atoms with van der Waals surface area (Å²) >= 11 is 3.06. The molecule has 1 amide bonds. The van der Waals surface area contributed by atoms with Crippen LogP contribution in [-0.2, 0) is 11.2 Å². The lowest BCUT2D eigenvalue weighted by atomic mass is 10.3. The van der Waals surface area contributed by atoms with Gasteiger partial charge in [-0.05, 0) is 32.2 Å². The summed E-state index contributed by atoms with van der Waals surface area (Å²) in [6, 6.07) is 4.23. The zero-order chi connectivity index (χ0) is 14.5. The molecule has 2 rings (SSSR count). The SMILES string of the molecule is CC(C)NC(=O)C(C)Sc1n[nH]c(Cc2cccs2)n1. The van der Waals surface area contributed by atoms with Gasteiger partial charge in [0.05, 0.1) is 5.25 Å². The molecule has 2 heterocycles. The fourth-order valence-corrected chi connectivity index (χ4v) is 3.06. The van der Waals surface area contributed by atoms with Gasteiger partial charge in [0.15, 0.2) is 0 Å². The molecule has 20 heavy (non-hydrogen) atoms. The third-order valence-electron chi connectivity index (χ3n) is 2.52. The molecule has 0 radical (unpaired) electrons. The molecule has 0 bridgehead atoms. The van der Waals surface area contributed by atoms with Crippen molar-refractivity contribution in [1.29, 1.82) is 0 Å². The van der Waals surface area contributed by atoms with E-state index in [-0.39, 0.29) is 17.2 Å². The Labute approximate surface area is 126 Å². The first-order valence-corrected chi connectivity index (χ1v) is 8.21. The molecule has 5 nitrogen and oxygen atoms in total. The molecular formula is C13H18N4OS2. The lowest BCUT2D eigenvalue weighted by Gasteiger charge is -2.12. The van der Waals surface area contributed by atoms with Gasteiger partial charge in [-0.3, -0.25) is 9.89 Å². The van der Waals surface area contributed by atoms with Crippen LogP contribution >= 0.6 is 23.1 Å². The van der Waals surface area contributed by atoms with E-state index in [2.05, 4.69) is 26.6 Å². The molecule has 2 aromatic heterocycles. The molecule has 108 valence electrons. The van der Waals surface area contributed by atoms with E-state index < -0.39 is 0 Å². The standard InChI is InChI=1S/C13H18N4OS2/c1-8(2)14-12(18)9(3)20-13-15-11(16-17-13)7-10-5-4-6-19-10/h4-6,8-9H,7H2,1-3H3,(H,14,18)(H,15,16,17). The summed E-state index contributed by atoms with van der Waals surface area (Å²) in [5, 5.41) is 12.4. The largest absolute Gasteiger partial charge is 0.353 e. The molecule has 1 atom stereocenters. The summed E-state index contributed by atoms with van der Waals surface area (Å²) in [5.41, 5.74) is 0. The minimum atomic E-state index is -0.206. The van der Waals surface area contributed by atoms with Crippen molar-refractivity contribution in [1.82, 2.24) is 20.5 Å². The number of thioether (sulfide) groups is 1. The summed E-state index contributed by atoms with van der Waals surface area (Å²) in [5.74, 6) is 0.834. The smallest absolute Gasteiger partial charge is 0.233 e. The highest BCUT2D eigenvalue weighted by atomic mass is 32.2. The molecule has 0 aliphatic heterocycles. The maximum Gasteiger partial charge on any atom is 0.233 e. The van der Waals surface area contributed by atoms with Crippen molar-refractivity contribution in [3.8, 4) is 0 Å². The van der Waals surface area contributed by atoms with Crippen LogP contribution in [0.15, 0.2) is 22.7 Å². The van der Waals surface area contributed by atoms with Gasteiger partial charge in [0.1, 0.15) is 5.82 Å². The number of carbonyl (C=O) groups is 1. The Morgan fingerprint density at radius 3 is 2.95 bits per heavy atom. The summed E-state index contributed by atoms with van der Waals surface area (Å²) < 4.78 is 0. The Balaban J connectivity index is 1.90. The van der Waals surface area contributed by atoms with Crippen LogP contribution < -0.4 is 5.32 Å². The van der Waals surface area contributed by atoms with Crippen LogP contribution in [0, 0.1) is 0 Å². The number of nitrogens with zero attached hydrogens (tertiary/aromatic N) is 2. The highest BCUT2D eigenvalue weighted by Crippen LogP contribution is 2.20. The third kappa shape index (κ3) is 4.35. The van der Waals surface area contributed by atoms with Gasteiger partial charge in [0.25, 0.3) is 0 Å². The van der Waals surface area contributed by atoms with E-state index in [1.165, 1.54) is 16.6 Å². The van der Waals surface area contributed by atoms with Crippen LogP contribution in [0.5, 0.6) is 0 Å². The van der Waals surface area contributed by atoms with Gasteiger partial charge in [-0.1, -0.05) is 17.8 Å². The Kier molecular flexibility index (Phi) is 5.19. The van der Waals surface area contributed by atoms with E-state index in [0.29, 0.717) is 5.16 Å². The molecule has 7 heteroatoms. The zero-order valence-corrected chi connectivity index (χ0v) is 13.3. The Morgan fingerprint density at radius 2 is 2.30 bits per heavy atom. The second-order valence-electron chi connectivity index (χ2n) is 4.74. The number of thiophene rings is 1. The minimum absolute atomic E-state index is 0.00890. The maximum atomic E-state index is 11.8. The third-order valence-corrected chi connectivity index (χ3v) is 4.35. The van der Waals surface area contributed by atoms with Gasteiger partial charge in [0, 0.05) is 17.3 Å². The average molecular weight is 310 g/mol. The fourth-order valence-electron chi connectivity index (χ4n) is 1.60. The normalized spacial score (nSPS) is 12.6. The molecule has 0 fully saturated rings.